The molecule has 1 rings (SSSR count). The third kappa shape index (κ3) is 5.28. The van der Waals surface area contributed by atoms with Gasteiger partial charge in [-0.3, -0.25) is 9.79 Å². The van der Waals surface area contributed by atoms with E-state index in [-0.39, 0.29) is 6.54 Å². The number of primary amides is 1. The molecule has 0 saturated carbocycles. The van der Waals surface area contributed by atoms with E-state index in [0.29, 0.717) is 23.6 Å². The predicted molar refractivity (Wildman–Crippen MR) is 89.2 cm³/mol. The van der Waals surface area contributed by atoms with Crippen LogP contribution in [0.4, 0.5) is 11.4 Å². The van der Waals surface area contributed by atoms with Crippen molar-refractivity contribution in [3.05, 3.63) is 35.9 Å². The summed E-state index contributed by atoms with van der Waals surface area (Å²) in [5.41, 5.74) is 7.06. The Kier molecular flexibility index (Phi) is 7.18. The number of hydrogen-bond donors (Lipinski definition) is 3. The Labute approximate surface area is 129 Å². The third-order valence-corrected chi connectivity index (χ3v) is 2.59. The van der Waals surface area contributed by atoms with Crippen molar-refractivity contribution in [2.75, 3.05) is 18.4 Å². The van der Waals surface area contributed by atoms with Gasteiger partial charge in [0.25, 0.3) is 5.91 Å². The van der Waals surface area contributed by atoms with Crippen LogP contribution in [0.15, 0.2) is 51.1 Å². The van der Waals surface area contributed by atoms with Crippen LogP contribution in [0.3, 0.4) is 0 Å². The van der Waals surface area contributed by atoms with E-state index >= 15 is 0 Å². The number of aliphatic imine (C=N–C) groups is 1. The molecule has 0 unspecified atom stereocenters. The molecule has 0 spiro atoms. The molecule has 0 saturated heterocycles. The Morgan fingerprint density at radius 1 is 1.45 bits per heavy atom. The van der Waals surface area contributed by atoms with Crippen LogP contribution in [-0.2, 0) is 4.79 Å². The van der Waals surface area contributed by atoms with Gasteiger partial charge in [0, 0.05) is 18.4 Å². The molecule has 0 radical (unpaired) electrons. The lowest BCUT2D eigenvalue weighted by molar-refractivity contribution is -0.114. The fourth-order valence-electron chi connectivity index (χ4n) is 1.69. The molecule has 0 bridgehead atoms. The maximum absolute atomic E-state index is 11.5. The number of allylic oxidation sites excluding steroid dienone is 1. The van der Waals surface area contributed by atoms with E-state index < -0.39 is 5.91 Å². The predicted octanol–water partition coefficient (Wildman–Crippen LogP) is 2.68. The molecule has 0 aliphatic rings. The average molecular weight is 300 g/mol. The number of amidine groups is 1. The first-order valence-corrected chi connectivity index (χ1v) is 6.86. The number of nitrogens with zero attached hydrogens (tertiary/aromatic N) is 3. The molecule has 0 heterocycles. The van der Waals surface area contributed by atoms with E-state index in [9.17, 15) is 4.79 Å². The number of carbonyl (C=O) groups is 1. The zero-order chi connectivity index (χ0) is 16.4. The third-order valence-electron chi connectivity index (χ3n) is 2.59. The molecule has 1 amide bonds. The summed E-state index contributed by atoms with van der Waals surface area (Å²) in [6.45, 7) is 4.36. The monoisotopic (exact) mass is 300 g/mol. The summed E-state index contributed by atoms with van der Waals surface area (Å²) in [6, 6.07) is 7.20. The van der Waals surface area contributed by atoms with E-state index in [1.807, 2.05) is 19.1 Å². The van der Waals surface area contributed by atoms with Crippen molar-refractivity contribution in [1.29, 1.82) is 5.41 Å². The number of hydrogen-bond acceptors (Lipinski definition) is 5. The molecular weight excluding hydrogens is 280 g/mol. The van der Waals surface area contributed by atoms with Gasteiger partial charge in [0.05, 0.1) is 17.8 Å². The Morgan fingerprint density at radius 3 is 2.82 bits per heavy atom. The second kappa shape index (κ2) is 9.17. The highest BCUT2D eigenvalue weighted by Gasteiger charge is 2.12. The summed E-state index contributed by atoms with van der Waals surface area (Å²) in [5, 5.41) is 17.8. The number of azo groups is 1. The van der Waals surface area contributed by atoms with Gasteiger partial charge in [-0.2, -0.15) is 10.2 Å². The Bertz CT molecular complexity index is 618. The molecular formula is C15H20N6O. The van der Waals surface area contributed by atoms with Crippen molar-refractivity contribution >= 4 is 29.3 Å². The van der Waals surface area contributed by atoms with Crippen LogP contribution < -0.4 is 11.1 Å². The molecule has 0 aromatic heterocycles. The molecule has 7 heteroatoms. The lowest BCUT2D eigenvalue weighted by atomic mass is 10.2. The van der Waals surface area contributed by atoms with Crippen LogP contribution in [0.2, 0.25) is 0 Å². The van der Waals surface area contributed by atoms with Crippen molar-refractivity contribution in [2.45, 2.75) is 13.8 Å². The number of anilines is 1. The largest absolute Gasteiger partial charge is 0.365 e. The van der Waals surface area contributed by atoms with Crippen LogP contribution in [0, 0.1) is 5.41 Å². The van der Waals surface area contributed by atoms with Crippen LogP contribution in [0.5, 0.6) is 0 Å². The van der Waals surface area contributed by atoms with Crippen LogP contribution in [0.1, 0.15) is 13.8 Å². The molecule has 0 atom stereocenters. The van der Waals surface area contributed by atoms with E-state index in [1.54, 1.807) is 25.1 Å². The van der Waals surface area contributed by atoms with Gasteiger partial charge >= 0.3 is 0 Å². The van der Waals surface area contributed by atoms with Crippen LogP contribution >= 0.6 is 0 Å². The van der Waals surface area contributed by atoms with E-state index in [0.717, 1.165) is 5.69 Å². The van der Waals surface area contributed by atoms with E-state index in [1.165, 1.54) is 6.21 Å². The molecule has 7 nitrogen and oxygen atoms in total. The fourth-order valence-corrected chi connectivity index (χ4v) is 1.69. The molecule has 22 heavy (non-hydrogen) atoms. The number of amides is 1. The highest BCUT2D eigenvalue weighted by atomic mass is 16.1. The quantitative estimate of drug-likeness (QED) is 0.311. The second-order valence-corrected chi connectivity index (χ2v) is 4.19. The maximum Gasteiger partial charge on any atom is 0.252 e. The number of rotatable bonds is 7. The molecule has 1 aromatic rings. The summed E-state index contributed by atoms with van der Waals surface area (Å²) in [6.07, 6.45) is 2.79. The number of nitrogens with two attached hydrogens (primary N) is 1. The van der Waals surface area contributed by atoms with Crippen molar-refractivity contribution in [3.8, 4) is 0 Å². The zero-order valence-corrected chi connectivity index (χ0v) is 12.7. The van der Waals surface area contributed by atoms with Crippen LogP contribution in [-0.4, -0.2) is 31.0 Å². The van der Waals surface area contributed by atoms with Gasteiger partial charge in [-0.25, -0.2) is 0 Å². The second-order valence-electron chi connectivity index (χ2n) is 4.19. The average Bonchev–Trinajstić information content (AvgIpc) is 2.48. The van der Waals surface area contributed by atoms with Crippen molar-refractivity contribution in [3.63, 3.8) is 0 Å². The van der Waals surface area contributed by atoms with Gasteiger partial charge in [-0.05, 0) is 32.0 Å². The minimum atomic E-state index is -0.538. The highest BCUT2D eigenvalue weighted by molar-refractivity contribution is 6.24. The topological polar surface area (TPSA) is 116 Å². The van der Waals surface area contributed by atoms with E-state index in [4.69, 9.17) is 11.1 Å². The molecule has 0 fully saturated rings. The zero-order valence-electron chi connectivity index (χ0n) is 12.7. The van der Waals surface area contributed by atoms with Gasteiger partial charge in [-0.15, -0.1) is 0 Å². The fraction of sp³-hybridized carbons (Fsp3) is 0.267. The minimum absolute atomic E-state index is 0.241. The summed E-state index contributed by atoms with van der Waals surface area (Å²) in [5.74, 6) is -0.116. The van der Waals surface area contributed by atoms with Crippen LogP contribution in [0.25, 0.3) is 0 Å². The van der Waals surface area contributed by atoms with Gasteiger partial charge in [0.1, 0.15) is 5.84 Å². The van der Waals surface area contributed by atoms with Gasteiger partial charge in [0.2, 0.25) is 0 Å². The number of nitrogens with one attached hydrogen (secondary N) is 2. The first-order chi connectivity index (χ1) is 10.6. The summed E-state index contributed by atoms with van der Waals surface area (Å²) in [4.78, 5) is 15.7. The molecule has 0 aliphatic heterocycles. The SMILES string of the molecule is C/C=C(/C(N)=O)C(=NCC)Nc1cccc(N=NCC=N)c1. The minimum Gasteiger partial charge on any atom is -0.365 e. The molecule has 0 aliphatic carbocycles. The molecule has 116 valence electrons. The first-order valence-electron chi connectivity index (χ1n) is 6.86. The summed E-state index contributed by atoms with van der Waals surface area (Å²) < 4.78 is 0. The Morgan fingerprint density at radius 2 is 2.23 bits per heavy atom. The smallest absolute Gasteiger partial charge is 0.252 e. The van der Waals surface area contributed by atoms with Crippen molar-refractivity contribution in [1.82, 2.24) is 0 Å². The summed E-state index contributed by atoms with van der Waals surface area (Å²) in [7, 11) is 0. The Hall–Kier alpha value is -2.83. The number of carbonyl (C=O) groups excluding carboxylic acids is 1. The van der Waals surface area contributed by atoms with E-state index in [2.05, 4.69) is 20.5 Å². The Balaban J connectivity index is 3.00. The van der Waals surface area contributed by atoms with Gasteiger partial charge in [-0.1, -0.05) is 12.1 Å². The highest BCUT2D eigenvalue weighted by Crippen LogP contribution is 2.19. The lowest BCUT2D eigenvalue weighted by Crippen LogP contribution is -2.26. The normalized spacial score (nSPS) is 12.5. The first kappa shape index (κ1) is 17.2. The van der Waals surface area contributed by atoms with Crippen molar-refractivity contribution < 1.29 is 4.79 Å². The molecule has 1 aromatic carbocycles. The lowest BCUT2D eigenvalue weighted by Gasteiger charge is -2.11. The van der Waals surface area contributed by atoms with Gasteiger partial charge < -0.3 is 16.5 Å². The van der Waals surface area contributed by atoms with Gasteiger partial charge in [0.15, 0.2) is 0 Å². The standard InChI is InChI=1S/C15H20N6O/c1-3-13(14(17)22)15(18-4-2)20-11-6-5-7-12(10-11)21-19-9-8-16/h3,5-8,10,16H,4,9H2,1-2H3,(H2,17,22)(H,18,20)/b13-3-,16-8?,21-19?. The summed E-state index contributed by atoms with van der Waals surface area (Å²) >= 11 is 0. The number of benzene rings is 1. The van der Waals surface area contributed by atoms with Crippen molar-refractivity contribution in [2.24, 2.45) is 21.0 Å². The molecule has 4 N–H and O–H groups in total. The maximum atomic E-state index is 11.5.